The van der Waals surface area contributed by atoms with Crippen LogP contribution in [0.3, 0.4) is 0 Å². The van der Waals surface area contributed by atoms with Gasteiger partial charge in [-0.15, -0.1) is 6.58 Å². The Labute approximate surface area is 56.5 Å². The first-order chi connectivity index (χ1) is 4.27. The summed E-state index contributed by atoms with van der Waals surface area (Å²) >= 11 is 0. The van der Waals surface area contributed by atoms with Crippen molar-refractivity contribution in [2.75, 3.05) is 6.61 Å². The van der Waals surface area contributed by atoms with E-state index in [1.165, 1.54) is 0 Å². The van der Waals surface area contributed by atoms with Gasteiger partial charge in [-0.25, -0.2) is 8.42 Å². The Kier molecular flexibility index (Phi) is 5.56. The van der Waals surface area contributed by atoms with E-state index in [9.17, 15) is 8.42 Å². The fourth-order valence-corrected chi connectivity index (χ4v) is 0.645. The topological polar surface area (TPSA) is 43.4 Å². The zero-order valence-electron chi connectivity index (χ0n) is 5.08. The van der Waals surface area contributed by atoms with E-state index in [1.807, 2.05) is 0 Å². The quantitative estimate of drug-likeness (QED) is 0.352. The summed E-state index contributed by atoms with van der Waals surface area (Å²) in [4.78, 5) is 0. The van der Waals surface area contributed by atoms with E-state index in [4.69, 9.17) is 0 Å². The van der Waals surface area contributed by atoms with Gasteiger partial charge in [0.1, 0.15) is 0 Å². The Morgan fingerprint density at radius 3 is 2.67 bits per heavy atom. The minimum Gasteiger partial charge on any atom is -0.272 e. The predicted octanol–water partition coefficient (Wildman–Crippen LogP) is 0.496. The number of allylic oxidation sites excluding steroid dienone is 1. The average molecular weight is 150 g/mol. The predicted molar refractivity (Wildman–Crippen MR) is 35.7 cm³/mol. The molecular weight excluding hydrogens is 140 g/mol. The molecule has 0 atom stereocenters. The Bertz CT molecular complexity index is 131. The molecule has 0 heterocycles. The summed E-state index contributed by atoms with van der Waals surface area (Å²) in [5.74, 6) is 0. The molecule has 0 aliphatic rings. The van der Waals surface area contributed by atoms with Crippen molar-refractivity contribution in [2.45, 2.75) is 12.8 Å². The maximum absolute atomic E-state index is 9.75. The molecule has 0 rings (SSSR count). The number of hydrogen-bond acceptors (Lipinski definition) is 3. The molecule has 0 aliphatic carbocycles. The first-order valence-electron chi connectivity index (χ1n) is 2.65. The molecule has 0 aromatic carbocycles. The van der Waals surface area contributed by atoms with Crippen molar-refractivity contribution in [1.82, 2.24) is 0 Å². The van der Waals surface area contributed by atoms with Gasteiger partial charge >= 0.3 is 0 Å². The third-order valence-corrected chi connectivity index (χ3v) is 1.14. The molecule has 4 heteroatoms. The van der Waals surface area contributed by atoms with E-state index in [0.717, 1.165) is 6.42 Å². The van der Waals surface area contributed by atoms with Crippen LogP contribution in [0.25, 0.3) is 0 Å². The van der Waals surface area contributed by atoms with Gasteiger partial charge in [0.25, 0.3) is 11.0 Å². The van der Waals surface area contributed by atoms with Crippen molar-refractivity contribution in [2.24, 2.45) is 0 Å². The zero-order valence-corrected chi connectivity index (χ0v) is 5.97. The summed E-state index contributed by atoms with van der Waals surface area (Å²) in [6.07, 6.45) is 3.23. The number of hydrogen-bond donors (Lipinski definition) is 1. The van der Waals surface area contributed by atoms with Gasteiger partial charge in [-0.05, 0) is 12.8 Å². The lowest BCUT2D eigenvalue weighted by Gasteiger charge is -1.90. The van der Waals surface area contributed by atoms with Crippen LogP contribution < -0.4 is 0 Å². The Balaban J connectivity index is 3.00. The lowest BCUT2D eigenvalue weighted by atomic mass is 10.3. The van der Waals surface area contributed by atoms with Crippen molar-refractivity contribution in [3.8, 4) is 0 Å². The van der Waals surface area contributed by atoms with Crippen molar-refractivity contribution < 1.29 is 12.6 Å². The highest BCUT2D eigenvalue weighted by Crippen LogP contribution is 1.89. The van der Waals surface area contributed by atoms with Gasteiger partial charge in [0.05, 0.1) is 6.61 Å². The number of thiol groups is 1. The van der Waals surface area contributed by atoms with Crippen molar-refractivity contribution in [3.05, 3.63) is 12.7 Å². The van der Waals surface area contributed by atoms with Gasteiger partial charge in [0, 0.05) is 0 Å². The molecule has 0 aromatic heterocycles. The van der Waals surface area contributed by atoms with Gasteiger partial charge in [-0.1, -0.05) is 6.08 Å². The van der Waals surface area contributed by atoms with Crippen LogP contribution in [0.1, 0.15) is 12.8 Å². The smallest absolute Gasteiger partial charge is 0.257 e. The van der Waals surface area contributed by atoms with Crippen LogP contribution in [-0.4, -0.2) is 15.0 Å². The third kappa shape index (κ3) is 7.65. The Hall–Kier alpha value is -0.350. The van der Waals surface area contributed by atoms with E-state index >= 15 is 0 Å². The van der Waals surface area contributed by atoms with Crippen LogP contribution in [0.15, 0.2) is 12.7 Å². The fourth-order valence-electron chi connectivity index (χ4n) is 0.367. The van der Waals surface area contributed by atoms with Crippen LogP contribution in [0.5, 0.6) is 0 Å². The first kappa shape index (κ1) is 8.65. The molecule has 3 nitrogen and oxygen atoms in total. The van der Waals surface area contributed by atoms with Gasteiger partial charge in [0.2, 0.25) is 0 Å². The third-order valence-electron chi connectivity index (χ3n) is 0.749. The van der Waals surface area contributed by atoms with Crippen molar-refractivity contribution in [1.29, 1.82) is 0 Å². The van der Waals surface area contributed by atoms with Gasteiger partial charge in [-0.3, -0.25) is 4.18 Å². The monoisotopic (exact) mass is 150 g/mol. The lowest BCUT2D eigenvalue weighted by Crippen LogP contribution is -1.90. The molecule has 0 aliphatic heterocycles. The number of unbranched alkanes of at least 4 members (excludes halogenated alkanes) is 1. The molecule has 0 spiro atoms. The molecule has 54 valence electrons. The molecule has 0 radical (unpaired) electrons. The van der Waals surface area contributed by atoms with E-state index < -0.39 is 11.0 Å². The minimum absolute atomic E-state index is 0.269. The summed E-state index contributed by atoms with van der Waals surface area (Å²) in [5.41, 5.74) is 0. The summed E-state index contributed by atoms with van der Waals surface area (Å²) in [7, 11) is -2.65. The van der Waals surface area contributed by atoms with E-state index in [0.29, 0.717) is 6.42 Å². The second kappa shape index (κ2) is 5.78. The standard InChI is InChI=1S/C5H10O3S/c1-2-3-4-5-8-9(6)7/h2,9H,1,3-5H2. The molecule has 0 aromatic rings. The fraction of sp³-hybridized carbons (Fsp3) is 0.600. The molecule has 9 heavy (non-hydrogen) atoms. The molecule has 0 amide bonds. The van der Waals surface area contributed by atoms with Crippen LogP contribution in [-0.2, 0) is 15.2 Å². The maximum atomic E-state index is 9.75. The van der Waals surface area contributed by atoms with E-state index in [2.05, 4.69) is 10.8 Å². The summed E-state index contributed by atoms with van der Waals surface area (Å²) in [5, 5.41) is 0. The normalized spacial score (nSPS) is 9.89. The maximum Gasteiger partial charge on any atom is 0.257 e. The summed E-state index contributed by atoms with van der Waals surface area (Å²) in [6.45, 7) is 3.74. The van der Waals surface area contributed by atoms with Gasteiger partial charge < -0.3 is 0 Å². The van der Waals surface area contributed by atoms with Crippen LogP contribution in [0.2, 0.25) is 0 Å². The van der Waals surface area contributed by atoms with Crippen molar-refractivity contribution in [3.63, 3.8) is 0 Å². The van der Waals surface area contributed by atoms with Crippen LogP contribution in [0.4, 0.5) is 0 Å². The SMILES string of the molecule is C=CCCCO[SH](=O)=O. The van der Waals surface area contributed by atoms with E-state index in [-0.39, 0.29) is 6.61 Å². The highest BCUT2D eigenvalue weighted by Gasteiger charge is 1.84. The molecule has 0 saturated heterocycles. The second-order valence-electron chi connectivity index (χ2n) is 1.49. The largest absolute Gasteiger partial charge is 0.272 e. The molecular formula is C5H10O3S. The molecule has 0 saturated carbocycles. The minimum atomic E-state index is -2.65. The first-order valence-corrected chi connectivity index (χ1v) is 3.75. The Morgan fingerprint density at radius 1 is 1.56 bits per heavy atom. The lowest BCUT2D eigenvalue weighted by molar-refractivity contribution is 0.328. The molecule has 0 fully saturated rings. The zero-order chi connectivity index (χ0) is 7.11. The number of rotatable bonds is 5. The van der Waals surface area contributed by atoms with Gasteiger partial charge in [0.15, 0.2) is 0 Å². The van der Waals surface area contributed by atoms with Crippen LogP contribution in [0, 0.1) is 0 Å². The molecule has 0 N–H and O–H groups in total. The molecule has 0 bridgehead atoms. The molecule has 0 unspecified atom stereocenters. The van der Waals surface area contributed by atoms with Gasteiger partial charge in [-0.2, -0.15) is 0 Å². The summed E-state index contributed by atoms with van der Waals surface area (Å²) < 4.78 is 23.8. The Morgan fingerprint density at radius 2 is 2.22 bits per heavy atom. The summed E-state index contributed by atoms with van der Waals surface area (Å²) in [6, 6.07) is 0. The van der Waals surface area contributed by atoms with Crippen molar-refractivity contribution >= 4 is 11.0 Å². The highest BCUT2D eigenvalue weighted by atomic mass is 32.2. The second-order valence-corrected chi connectivity index (χ2v) is 2.19. The van der Waals surface area contributed by atoms with Crippen LogP contribution >= 0.6 is 0 Å². The average Bonchev–Trinajstić information content (AvgIpc) is 1.80. The van der Waals surface area contributed by atoms with E-state index in [1.54, 1.807) is 6.08 Å². The highest BCUT2D eigenvalue weighted by molar-refractivity contribution is 7.67.